The molecule has 0 saturated carbocycles. The number of halogens is 2. The first kappa shape index (κ1) is 27.1. The SMILES string of the molecule is Cc1ccc([Si](c2ccc(C)cc2)=[Zr+2]([C]2=CC=CC2)[c]2cccc3c2Cc2ccccc2-3)cc1.[Cl-].[Cl-]. The normalized spacial score (nSPS) is 12.4. The second kappa shape index (κ2) is 11.6. The minimum absolute atomic E-state index is 0. The van der Waals surface area contributed by atoms with Crippen molar-refractivity contribution in [3.8, 4) is 11.1 Å². The maximum Gasteiger partial charge on any atom is -1.00 e. The zero-order valence-corrected chi connectivity index (χ0v) is 25.5. The maximum atomic E-state index is 2.51. The molecule has 0 bridgehead atoms. The van der Waals surface area contributed by atoms with E-state index in [2.05, 4.69) is 123 Å². The van der Waals surface area contributed by atoms with Gasteiger partial charge in [-0.3, -0.25) is 0 Å². The molecule has 4 aromatic carbocycles. The molecule has 0 heterocycles. The van der Waals surface area contributed by atoms with E-state index in [1.54, 1.807) is 22.5 Å². The van der Waals surface area contributed by atoms with Crippen LogP contribution in [0.3, 0.4) is 0 Å². The van der Waals surface area contributed by atoms with Gasteiger partial charge in [-0.15, -0.1) is 0 Å². The van der Waals surface area contributed by atoms with Gasteiger partial charge >= 0.3 is 212 Å². The van der Waals surface area contributed by atoms with E-state index < -0.39 is 25.8 Å². The Morgan fingerprint density at radius 3 is 1.89 bits per heavy atom. The van der Waals surface area contributed by atoms with Crippen molar-refractivity contribution in [2.45, 2.75) is 26.7 Å². The van der Waals surface area contributed by atoms with Crippen molar-refractivity contribution in [1.29, 1.82) is 0 Å². The minimum atomic E-state index is -2.32. The third-order valence-corrected chi connectivity index (χ3v) is 25.9. The second-order valence-electron chi connectivity index (χ2n) is 9.47. The van der Waals surface area contributed by atoms with Gasteiger partial charge in [0.1, 0.15) is 0 Å². The van der Waals surface area contributed by atoms with Gasteiger partial charge in [0, 0.05) is 0 Å². The number of aryl methyl sites for hydroxylation is 2. The molecule has 2 aliphatic carbocycles. The summed E-state index contributed by atoms with van der Waals surface area (Å²) in [6, 6.07) is 35.3. The van der Waals surface area contributed by atoms with Crippen LogP contribution in [0.15, 0.2) is 113 Å². The summed E-state index contributed by atoms with van der Waals surface area (Å²) in [6.45, 7) is 4.40. The molecule has 178 valence electrons. The first-order valence-electron chi connectivity index (χ1n) is 12.1. The Bertz CT molecular complexity index is 1450. The van der Waals surface area contributed by atoms with Crippen molar-refractivity contribution >= 4 is 19.1 Å². The van der Waals surface area contributed by atoms with Gasteiger partial charge in [0.25, 0.3) is 0 Å². The van der Waals surface area contributed by atoms with Crippen molar-refractivity contribution in [2.75, 3.05) is 0 Å². The molecule has 6 rings (SSSR count). The predicted octanol–water partition coefficient (Wildman–Crippen LogP) is -0.224. The fraction of sp³-hybridized carbons (Fsp3) is 0.125. The number of hydrogen-bond donors (Lipinski definition) is 0. The van der Waals surface area contributed by atoms with Crippen LogP contribution >= 0.6 is 0 Å². The Labute approximate surface area is 235 Å². The summed E-state index contributed by atoms with van der Waals surface area (Å²) >= 11 is -2.32. The van der Waals surface area contributed by atoms with Gasteiger partial charge in [-0.25, -0.2) is 0 Å². The Morgan fingerprint density at radius 2 is 1.28 bits per heavy atom. The molecule has 0 spiro atoms. The van der Waals surface area contributed by atoms with Crippen LogP contribution in [-0.4, -0.2) is 5.43 Å². The molecule has 0 atom stereocenters. The van der Waals surface area contributed by atoms with Crippen LogP contribution in [0.1, 0.15) is 28.7 Å². The monoisotopic (exact) mass is 600 g/mol. The minimum Gasteiger partial charge on any atom is -1.00 e. The summed E-state index contributed by atoms with van der Waals surface area (Å²) in [6.07, 6.45) is 9.37. The van der Waals surface area contributed by atoms with Crippen molar-refractivity contribution in [3.63, 3.8) is 0 Å². The molecule has 4 aromatic rings. The molecule has 0 aliphatic heterocycles. The average molecular weight is 603 g/mol. The molecule has 0 saturated heterocycles. The number of allylic oxidation sites excluding steroid dienone is 4. The Morgan fingerprint density at radius 1 is 0.667 bits per heavy atom. The number of benzene rings is 4. The van der Waals surface area contributed by atoms with E-state index in [1.165, 1.54) is 27.8 Å². The van der Waals surface area contributed by atoms with E-state index in [4.69, 9.17) is 0 Å². The van der Waals surface area contributed by atoms with Crippen LogP contribution in [-0.2, 0) is 26.8 Å². The summed E-state index contributed by atoms with van der Waals surface area (Å²) in [5.74, 6) is 0. The smallest absolute Gasteiger partial charge is 1.00 e. The molecule has 0 unspecified atom stereocenters. The third kappa shape index (κ3) is 5.07. The van der Waals surface area contributed by atoms with E-state index in [1.807, 2.05) is 0 Å². The molecular weight excluding hydrogens is 575 g/mol. The molecule has 0 N–H and O–H groups in total. The van der Waals surface area contributed by atoms with Crippen LogP contribution < -0.4 is 38.5 Å². The quantitative estimate of drug-likeness (QED) is 0.250. The zero-order chi connectivity index (χ0) is 23.1. The van der Waals surface area contributed by atoms with Crippen molar-refractivity contribution in [3.05, 3.63) is 135 Å². The van der Waals surface area contributed by atoms with Crippen LogP contribution in [0.2, 0.25) is 0 Å². The van der Waals surface area contributed by atoms with Gasteiger partial charge in [0.05, 0.1) is 0 Å². The van der Waals surface area contributed by atoms with E-state index in [0.29, 0.717) is 0 Å². The maximum absolute atomic E-state index is 2.51. The van der Waals surface area contributed by atoms with Gasteiger partial charge in [-0.2, -0.15) is 0 Å². The Balaban J connectivity index is 0.00000152. The Kier molecular flexibility index (Phi) is 8.74. The van der Waals surface area contributed by atoms with Gasteiger partial charge in [0.2, 0.25) is 0 Å². The molecule has 4 heteroatoms. The Hall–Kier alpha value is -1.96. The largest absolute Gasteiger partial charge is 1.00 e. The van der Waals surface area contributed by atoms with Crippen molar-refractivity contribution < 1.29 is 45.2 Å². The van der Waals surface area contributed by atoms with Crippen molar-refractivity contribution in [2.24, 2.45) is 0 Å². The third-order valence-electron chi connectivity index (χ3n) is 7.14. The molecule has 0 aromatic heterocycles. The van der Waals surface area contributed by atoms with Crippen LogP contribution in [0, 0.1) is 13.8 Å². The number of hydrogen-bond acceptors (Lipinski definition) is 0. The summed E-state index contributed by atoms with van der Waals surface area (Å²) in [4.78, 5) is 0. The molecule has 0 nitrogen and oxygen atoms in total. The summed E-state index contributed by atoms with van der Waals surface area (Å²) < 4.78 is 3.47. The van der Waals surface area contributed by atoms with Gasteiger partial charge in [-0.05, 0) is 0 Å². The first-order chi connectivity index (χ1) is 16.7. The van der Waals surface area contributed by atoms with E-state index in [9.17, 15) is 0 Å². The topological polar surface area (TPSA) is 0 Å². The van der Waals surface area contributed by atoms with Gasteiger partial charge < -0.3 is 24.8 Å². The van der Waals surface area contributed by atoms with Crippen LogP contribution in [0.5, 0.6) is 0 Å². The summed E-state index contributed by atoms with van der Waals surface area (Å²) in [5, 5.41) is 3.16. The summed E-state index contributed by atoms with van der Waals surface area (Å²) in [5.41, 5.74) is 7.80. The van der Waals surface area contributed by atoms with Gasteiger partial charge in [-0.1, -0.05) is 0 Å². The van der Waals surface area contributed by atoms with Crippen LogP contribution in [0.25, 0.3) is 11.1 Å². The van der Waals surface area contributed by atoms with Crippen molar-refractivity contribution in [1.82, 2.24) is 0 Å². The summed E-state index contributed by atoms with van der Waals surface area (Å²) in [7, 11) is 0. The number of fused-ring (bicyclic) bond motifs is 3. The van der Waals surface area contributed by atoms with Crippen LogP contribution in [0.4, 0.5) is 0 Å². The van der Waals surface area contributed by atoms with E-state index >= 15 is 0 Å². The first-order valence-corrected chi connectivity index (χ1v) is 19.8. The fourth-order valence-corrected chi connectivity index (χ4v) is 25.7. The van der Waals surface area contributed by atoms with E-state index in [-0.39, 0.29) is 24.8 Å². The fourth-order valence-electron chi connectivity index (χ4n) is 5.39. The second-order valence-corrected chi connectivity index (χ2v) is 22.8. The molecule has 0 radical (unpaired) electrons. The van der Waals surface area contributed by atoms with Gasteiger partial charge in [0.15, 0.2) is 0 Å². The molecule has 36 heavy (non-hydrogen) atoms. The number of rotatable bonds is 4. The van der Waals surface area contributed by atoms with E-state index in [0.717, 1.165) is 12.8 Å². The molecule has 2 aliphatic rings. The molecular formula is C32H28Cl2SiZr. The molecule has 0 fully saturated rings. The predicted molar refractivity (Wildman–Crippen MR) is 144 cm³/mol. The standard InChI is InChI=1S/C14H14Si.C13H9.C5H5.2ClH.Zr/c1-11-3-7-13(8-4-11)15-14-9-5-12(2)6-10-14;1-3-7-12-10(5-1)9-11-6-2-4-8-13(11)12;1-2-4-5-3-1;;;/h3-10H,1-2H3;1-5,7-8H,9H2;1-3H,4H2;2*1H;/q;;;;;+2/p-2. The average Bonchev–Trinajstić information content (AvgIpc) is 3.52. The zero-order valence-electron chi connectivity index (χ0n) is 20.6. The molecule has 0 amide bonds.